The van der Waals surface area contributed by atoms with Crippen molar-refractivity contribution in [2.45, 2.75) is 0 Å². The van der Waals surface area contributed by atoms with Gasteiger partial charge in [-0.15, -0.1) is 0 Å². The van der Waals surface area contributed by atoms with Crippen LogP contribution in [0.3, 0.4) is 0 Å². The molecule has 0 bridgehead atoms. The molecule has 2 rings (SSSR count). The van der Waals surface area contributed by atoms with Crippen molar-refractivity contribution < 1.29 is 19.8 Å². The SMILES string of the molecule is O=C([O-])C(=CNc1nc(=O)[nH]c2ccccc12)C(=O)[O-]. The van der Waals surface area contributed by atoms with Crippen LogP contribution < -0.4 is 21.2 Å². The number of carboxylic acids is 2. The summed E-state index contributed by atoms with van der Waals surface area (Å²) in [6.07, 6.45) is 0.652. The van der Waals surface area contributed by atoms with Crippen LogP contribution in [0.25, 0.3) is 10.9 Å². The zero-order chi connectivity index (χ0) is 14.7. The Bertz CT molecular complexity index is 762. The van der Waals surface area contributed by atoms with Gasteiger partial charge in [0.2, 0.25) is 0 Å². The molecule has 2 aromatic rings. The molecule has 0 atom stereocenters. The highest BCUT2D eigenvalue weighted by Crippen LogP contribution is 2.17. The molecular formula is C12H7N3O5-2. The van der Waals surface area contributed by atoms with Gasteiger partial charge >= 0.3 is 5.69 Å². The Morgan fingerprint density at radius 3 is 2.50 bits per heavy atom. The molecule has 1 heterocycles. The summed E-state index contributed by atoms with van der Waals surface area (Å²) in [6.45, 7) is 0. The first kappa shape index (κ1) is 13.3. The summed E-state index contributed by atoms with van der Waals surface area (Å²) in [5.74, 6) is -3.80. The molecule has 0 unspecified atom stereocenters. The van der Waals surface area contributed by atoms with E-state index in [4.69, 9.17) is 0 Å². The van der Waals surface area contributed by atoms with E-state index in [2.05, 4.69) is 15.3 Å². The van der Waals surface area contributed by atoms with Crippen LogP contribution in [0.5, 0.6) is 0 Å². The number of benzene rings is 1. The topological polar surface area (TPSA) is 138 Å². The smallest absolute Gasteiger partial charge is 0.347 e. The van der Waals surface area contributed by atoms with Crippen LogP contribution in [0.4, 0.5) is 5.82 Å². The lowest BCUT2D eigenvalue weighted by atomic mass is 10.2. The van der Waals surface area contributed by atoms with E-state index >= 15 is 0 Å². The van der Waals surface area contributed by atoms with Gasteiger partial charge in [-0.05, 0) is 12.1 Å². The summed E-state index contributed by atoms with van der Waals surface area (Å²) in [5, 5.41) is 24.0. The summed E-state index contributed by atoms with van der Waals surface area (Å²) in [4.78, 5) is 38.5. The fourth-order valence-electron chi connectivity index (χ4n) is 1.56. The summed E-state index contributed by atoms with van der Waals surface area (Å²) in [6, 6.07) is 6.60. The van der Waals surface area contributed by atoms with Crippen LogP contribution >= 0.6 is 0 Å². The van der Waals surface area contributed by atoms with E-state index in [1.165, 1.54) is 0 Å². The van der Waals surface area contributed by atoms with E-state index in [0.29, 0.717) is 17.1 Å². The van der Waals surface area contributed by atoms with Gasteiger partial charge in [0.25, 0.3) is 0 Å². The van der Waals surface area contributed by atoms with E-state index in [9.17, 15) is 24.6 Å². The van der Waals surface area contributed by atoms with Gasteiger partial charge in [0.1, 0.15) is 5.82 Å². The van der Waals surface area contributed by atoms with Crippen molar-refractivity contribution in [3.05, 3.63) is 46.5 Å². The molecule has 0 aliphatic rings. The van der Waals surface area contributed by atoms with Gasteiger partial charge < -0.3 is 30.1 Å². The van der Waals surface area contributed by atoms with Crippen molar-refractivity contribution in [2.75, 3.05) is 5.32 Å². The number of rotatable bonds is 4. The summed E-state index contributed by atoms with van der Waals surface area (Å²) in [5.41, 5.74) is -1.29. The molecule has 0 aliphatic carbocycles. The van der Waals surface area contributed by atoms with Crippen molar-refractivity contribution in [3.8, 4) is 0 Å². The van der Waals surface area contributed by atoms with E-state index < -0.39 is 23.2 Å². The van der Waals surface area contributed by atoms with Crippen molar-refractivity contribution >= 4 is 28.7 Å². The Kier molecular flexibility index (Phi) is 3.47. The fourth-order valence-corrected chi connectivity index (χ4v) is 1.56. The Hall–Kier alpha value is -3.16. The standard InChI is InChI=1S/C12H9N3O5/c16-10(17)7(11(18)19)5-13-9-6-3-1-2-4-8(6)14-12(20)15-9/h1-5H,(H,16,17)(H,18,19)(H2,13,14,15,20)/p-2. The molecule has 102 valence electrons. The number of nitrogens with one attached hydrogen (secondary N) is 2. The lowest BCUT2D eigenvalue weighted by Gasteiger charge is -2.10. The first-order valence-electron chi connectivity index (χ1n) is 5.37. The lowest BCUT2D eigenvalue weighted by Crippen LogP contribution is -2.36. The number of carbonyl (C=O) groups is 2. The maximum absolute atomic E-state index is 11.3. The van der Waals surface area contributed by atoms with Crippen LogP contribution in [0, 0.1) is 0 Å². The molecule has 1 aromatic heterocycles. The third kappa shape index (κ3) is 2.64. The highest BCUT2D eigenvalue weighted by Gasteiger charge is 2.04. The minimum Gasteiger partial charge on any atom is -0.545 e. The minimum atomic E-state index is -1.91. The Labute approximate surface area is 111 Å². The van der Waals surface area contributed by atoms with Crippen molar-refractivity contribution in [2.24, 2.45) is 0 Å². The van der Waals surface area contributed by atoms with Crippen molar-refractivity contribution in [1.29, 1.82) is 0 Å². The number of aromatic amines is 1. The first-order chi connectivity index (χ1) is 9.49. The number of aromatic nitrogens is 2. The zero-order valence-electron chi connectivity index (χ0n) is 9.88. The summed E-state index contributed by atoms with van der Waals surface area (Å²) < 4.78 is 0. The third-order valence-corrected chi connectivity index (χ3v) is 2.43. The highest BCUT2D eigenvalue weighted by atomic mass is 16.4. The van der Waals surface area contributed by atoms with Crippen LogP contribution in [-0.4, -0.2) is 21.9 Å². The molecule has 0 fully saturated rings. The maximum atomic E-state index is 11.3. The average Bonchev–Trinajstić information content (AvgIpc) is 2.37. The monoisotopic (exact) mass is 273 g/mol. The number of hydrogen-bond donors (Lipinski definition) is 2. The average molecular weight is 273 g/mol. The number of fused-ring (bicyclic) bond motifs is 1. The number of carboxylic acid groups (broad SMARTS) is 2. The Morgan fingerprint density at radius 2 is 1.85 bits per heavy atom. The van der Waals surface area contributed by atoms with Crippen LogP contribution in [0.15, 0.2) is 40.8 Å². The van der Waals surface area contributed by atoms with Gasteiger partial charge in [0, 0.05) is 17.2 Å². The molecule has 0 aliphatic heterocycles. The van der Waals surface area contributed by atoms with Crippen molar-refractivity contribution in [1.82, 2.24) is 9.97 Å². The number of anilines is 1. The quantitative estimate of drug-likeness (QED) is 0.363. The molecular weight excluding hydrogens is 266 g/mol. The second kappa shape index (κ2) is 5.22. The molecule has 8 heteroatoms. The second-order valence-corrected chi connectivity index (χ2v) is 3.71. The molecule has 2 N–H and O–H groups in total. The van der Waals surface area contributed by atoms with Crippen LogP contribution in [0.2, 0.25) is 0 Å². The van der Waals surface area contributed by atoms with E-state index in [1.807, 2.05) is 0 Å². The predicted octanol–water partition coefficient (Wildman–Crippen LogP) is -2.28. The van der Waals surface area contributed by atoms with E-state index in [1.54, 1.807) is 24.3 Å². The minimum absolute atomic E-state index is 0.0179. The van der Waals surface area contributed by atoms with E-state index in [0.717, 1.165) is 0 Å². The molecule has 20 heavy (non-hydrogen) atoms. The third-order valence-electron chi connectivity index (χ3n) is 2.43. The van der Waals surface area contributed by atoms with Crippen LogP contribution in [0.1, 0.15) is 0 Å². The van der Waals surface area contributed by atoms with Gasteiger partial charge in [-0.3, -0.25) is 0 Å². The number of aliphatic carboxylic acids is 2. The maximum Gasteiger partial charge on any atom is 0.347 e. The van der Waals surface area contributed by atoms with E-state index in [-0.39, 0.29) is 5.82 Å². The van der Waals surface area contributed by atoms with Crippen LogP contribution in [-0.2, 0) is 9.59 Å². The molecule has 1 aromatic carbocycles. The summed E-state index contributed by atoms with van der Waals surface area (Å²) >= 11 is 0. The van der Waals surface area contributed by atoms with Gasteiger partial charge in [-0.2, -0.15) is 4.98 Å². The predicted molar refractivity (Wildman–Crippen MR) is 64.1 cm³/mol. The number of hydrogen-bond acceptors (Lipinski definition) is 7. The Balaban J connectivity index is 2.49. The molecule has 0 radical (unpaired) electrons. The first-order valence-corrected chi connectivity index (χ1v) is 5.37. The van der Waals surface area contributed by atoms with Gasteiger partial charge in [0.15, 0.2) is 0 Å². The number of nitrogens with zero attached hydrogens (tertiary/aromatic N) is 1. The lowest BCUT2D eigenvalue weighted by molar-refractivity contribution is -0.312. The molecule has 8 nitrogen and oxygen atoms in total. The fraction of sp³-hybridized carbons (Fsp3) is 0. The Morgan fingerprint density at radius 1 is 1.20 bits per heavy atom. The number of carbonyl (C=O) groups excluding carboxylic acids is 2. The number of para-hydroxylation sites is 1. The summed E-state index contributed by atoms with van der Waals surface area (Å²) in [7, 11) is 0. The molecule has 0 spiro atoms. The van der Waals surface area contributed by atoms with Gasteiger partial charge in [-0.1, -0.05) is 12.1 Å². The molecule has 0 amide bonds. The zero-order valence-corrected chi connectivity index (χ0v) is 9.88. The second-order valence-electron chi connectivity index (χ2n) is 3.71. The number of H-pyrrole nitrogens is 1. The normalized spacial score (nSPS) is 10.0. The van der Waals surface area contributed by atoms with Gasteiger partial charge in [0.05, 0.1) is 17.5 Å². The van der Waals surface area contributed by atoms with Crippen molar-refractivity contribution in [3.63, 3.8) is 0 Å². The molecule has 0 saturated carbocycles. The largest absolute Gasteiger partial charge is 0.545 e. The molecule has 0 saturated heterocycles. The highest BCUT2D eigenvalue weighted by molar-refractivity contribution is 6.11. The van der Waals surface area contributed by atoms with Gasteiger partial charge in [-0.25, -0.2) is 4.79 Å².